The van der Waals surface area contributed by atoms with Gasteiger partial charge in [0.05, 0.1) is 18.7 Å². The molecule has 1 aliphatic rings. The molecular formula is C15H14BrNO4. The second-order valence-corrected chi connectivity index (χ2v) is 5.45. The van der Waals surface area contributed by atoms with Gasteiger partial charge in [0.15, 0.2) is 6.61 Å². The number of hydrogen-bond donors (Lipinski definition) is 0. The highest BCUT2D eigenvalue weighted by molar-refractivity contribution is 9.10. The normalized spacial score (nSPS) is 17.5. The van der Waals surface area contributed by atoms with Crippen LogP contribution in [0.25, 0.3) is 0 Å². The number of hydrogen-bond acceptors (Lipinski definition) is 4. The molecule has 1 amide bonds. The van der Waals surface area contributed by atoms with Gasteiger partial charge in [-0.3, -0.25) is 9.59 Å². The van der Waals surface area contributed by atoms with E-state index in [9.17, 15) is 9.59 Å². The van der Waals surface area contributed by atoms with Crippen LogP contribution in [0, 0.1) is 18.3 Å². The summed E-state index contributed by atoms with van der Waals surface area (Å²) in [7, 11) is 1.53. The summed E-state index contributed by atoms with van der Waals surface area (Å²) in [6.45, 7) is 0.186. The van der Waals surface area contributed by atoms with E-state index >= 15 is 0 Å². The number of carbonyl (C=O) groups excluding carboxylic acids is 2. The van der Waals surface area contributed by atoms with Crippen molar-refractivity contribution in [1.29, 1.82) is 0 Å². The molecule has 0 aliphatic carbocycles. The summed E-state index contributed by atoms with van der Waals surface area (Å²) in [5.74, 6) is 1.71. The predicted octanol–water partition coefficient (Wildman–Crippen LogP) is 1.99. The molecule has 0 aromatic heterocycles. The lowest BCUT2D eigenvalue weighted by molar-refractivity contribution is -0.146. The SMILES string of the molecule is C#CCOC(=O)[C@H]1CC(=O)N(c2ccc(Br)cc2OC)C1. The number of methoxy groups -OCH3 is 1. The number of halogens is 1. The van der Waals surface area contributed by atoms with Gasteiger partial charge in [0.25, 0.3) is 0 Å². The molecule has 1 saturated heterocycles. The van der Waals surface area contributed by atoms with Gasteiger partial charge in [-0.2, -0.15) is 0 Å². The first kappa shape index (κ1) is 15.4. The predicted molar refractivity (Wildman–Crippen MR) is 80.9 cm³/mol. The Morgan fingerprint density at radius 3 is 3.00 bits per heavy atom. The molecule has 1 fully saturated rings. The third-order valence-corrected chi connectivity index (χ3v) is 3.68. The number of rotatable bonds is 4. The molecule has 0 radical (unpaired) electrons. The number of nitrogens with zero attached hydrogens (tertiary/aromatic N) is 1. The van der Waals surface area contributed by atoms with Gasteiger partial charge in [0, 0.05) is 17.4 Å². The molecule has 110 valence electrons. The highest BCUT2D eigenvalue weighted by atomic mass is 79.9. The van der Waals surface area contributed by atoms with Crippen LogP contribution >= 0.6 is 15.9 Å². The molecule has 0 unspecified atom stereocenters. The minimum Gasteiger partial charge on any atom is -0.495 e. The van der Waals surface area contributed by atoms with Crippen molar-refractivity contribution in [2.45, 2.75) is 6.42 Å². The fourth-order valence-corrected chi connectivity index (χ4v) is 2.54. The highest BCUT2D eigenvalue weighted by Gasteiger charge is 2.37. The van der Waals surface area contributed by atoms with E-state index in [0.29, 0.717) is 11.4 Å². The van der Waals surface area contributed by atoms with E-state index in [4.69, 9.17) is 15.9 Å². The van der Waals surface area contributed by atoms with Gasteiger partial charge in [0.2, 0.25) is 5.91 Å². The Kier molecular flexibility index (Phi) is 4.86. The van der Waals surface area contributed by atoms with Gasteiger partial charge >= 0.3 is 5.97 Å². The Hall–Kier alpha value is -2.00. The maximum atomic E-state index is 12.1. The highest BCUT2D eigenvalue weighted by Crippen LogP contribution is 2.35. The Labute approximate surface area is 131 Å². The second kappa shape index (κ2) is 6.64. The Bertz CT molecular complexity index is 608. The number of terminal acetylenes is 1. The molecular weight excluding hydrogens is 338 g/mol. The molecule has 6 heteroatoms. The van der Waals surface area contributed by atoms with Gasteiger partial charge in [-0.1, -0.05) is 21.9 Å². The summed E-state index contributed by atoms with van der Waals surface area (Å²) in [6.07, 6.45) is 5.16. The average Bonchev–Trinajstić information content (AvgIpc) is 2.86. The van der Waals surface area contributed by atoms with Crippen LogP contribution < -0.4 is 9.64 Å². The van der Waals surface area contributed by atoms with Crippen LogP contribution in [-0.4, -0.2) is 32.1 Å². The maximum Gasteiger partial charge on any atom is 0.312 e. The van der Waals surface area contributed by atoms with Crippen LogP contribution in [0.1, 0.15) is 6.42 Å². The van der Waals surface area contributed by atoms with Crippen molar-refractivity contribution >= 4 is 33.5 Å². The monoisotopic (exact) mass is 351 g/mol. The lowest BCUT2D eigenvalue weighted by atomic mass is 10.1. The molecule has 0 N–H and O–H groups in total. The van der Waals surface area contributed by atoms with Crippen LogP contribution in [0.2, 0.25) is 0 Å². The van der Waals surface area contributed by atoms with Crippen molar-refractivity contribution in [3.63, 3.8) is 0 Å². The van der Waals surface area contributed by atoms with Crippen LogP contribution in [0.3, 0.4) is 0 Å². The van der Waals surface area contributed by atoms with Crippen molar-refractivity contribution in [2.24, 2.45) is 5.92 Å². The summed E-state index contributed by atoms with van der Waals surface area (Å²) < 4.78 is 11.0. The van der Waals surface area contributed by atoms with E-state index in [1.807, 2.05) is 6.07 Å². The fraction of sp³-hybridized carbons (Fsp3) is 0.333. The summed E-state index contributed by atoms with van der Waals surface area (Å²) in [5, 5.41) is 0. The molecule has 0 bridgehead atoms. The first-order valence-electron chi connectivity index (χ1n) is 6.30. The standard InChI is InChI=1S/C15H14BrNO4/c1-3-6-21-15(19)10-7-14(18)17(9-10)12-5-4-11(16)8-13(12)20-2/h1,4-5,8,10H,6-7,9H2,2H3/t10-/m0/s1. The minimum absolute atomic E-state index is 0.0782. The molecule has 1 heterocycles. The third kappa shape index (κ3) is 3.37. The van der Waals surface area contributed by atoms with Gasteiger partial charge in [-0.15, -0.1) is 6.42 Å². The molecule has 1 aromatic carbocycles. The first-order valence-corrected chi connectivity index (χ1v) is 7.10. The third-order valence-electron chi connectivity index (χ3n) is 3.19. The summed E-state index contributed by atoms with van der Waals surface area (Å²) in [6, 6.07) is 5.36. The lowest BCUT2D eigenvalue weighted by Crippen LogP contribution is -2.26. The molecule has 0 saturated carbocycles. The second-order valence-electron chi connectivity index (χ2n) is 4.53. The van der Waals surface area contributed by atoms with E-state index in [-0.39, 0.29) is 25.5 Å². The minimum atomic E-state index is -0.501. The van der Waals surface area contributed by atoms with Crippen LogP contribution in [0.4, 0.5) is 5.69 Å². The number of carbonyl (C=O) groups is 2. The van der Waals surface area contributed by atoms with Crippen LogP contribution in [-0.2, 0) is 14.3 Å². The molecule has 2 rings (SSSR count). The van der Waals surface area contributed by atoms with Crippen molar-refractivity contribution in [2.75, 3.05) is 25.2 Å². The number of esters is 1. The molecule has 1 aliphatic heterocycles. The van der Waals surface area contributed by atoms with E-state index in [2.05, 4.69) is 21.9 Å². The lowest BCUT2D eigenvalue weighted by Gasteiger charge is -2.19. The molecule has 0 spiro atoms. The zero-order chi connectivity index (χ0) is 15.4. The summed E-state index contributed by atoms with van der Waals surface area (Å²) in [4.78, 5) is 25.5. The van der Waals surface area contributed by atoms with E-state index in [0.717, 1.165) is 4.47 Å². The van der Waals surface area contributed by atoms with Gasteiger partial charge in [-0.05, 0) is 18.2 Å². The topological polar surface area (TPSA) is 55.8 Å². The number of ether oxygens (including phenoxy) is 2. The van der Waals surface area contributed by atoms with E-state index in [1.165, 1.54) is 12.0 Å². The van der Waals surface area contributed by atoms with E-state index in [1.54, 1.807) is 12.1 Å². The van der Waals surface area contributed by atoms with Crippen molar-refractivity contribution in [3.05, 3.63) is 22.7 Å². The largest absolute Gasteiger partial charge is 0.495 e. The Morgan fingerprint density at radius 1 is 1.57 bits per heavy atom. The van der Waals surface area contributed by atoms with Crippen molar-refractivity contribution < 1.29 is 19.1 Å². The van der Waals surface area contributed by atoms with E-state index < -0.39 is 11.9 Å². The quantitative estimate of drug-likeness (QED) is 0.614. The summed E-state index contributed by atoms with van der Waals surface area (Å²) >= 11 is 3.35. The van der Waals surface area contributed by atoms with Crippen molar-refractivity contribution in [1.82, 2.24) is 0 Å². The Morgan fingerprint density at radius 2 is 2.33 bits per heavy atom. The van der Waals surface area contributed by atoms with Crippen LogP contribution in [0.5, 0.6) is 5.75 Å². The molecule has 1 aromatic rings. The van der Waals surface area contributed by atoms with Crippen LogP contribution in [0.15, 0.2) is 22.7 Å². The average molecular weight is 352 g/mol. The number of benzene rings is 1. The molecule has 1 atom stereocenters. The zero-order valence-electron chi connectivity index (χ0n) is 11.5. The maximum absolute atomic E-state index is 12.1. The van der Waals surface area contributed by atoms with Gasteiger partial charge in [-0.25, -0.2) is 0 Å². The smallest absolute Gasteiger partial charge is 0.312 e. The summed E-state index contributed by atoms with van der Waals surface area (Å²) in [5.41, 5.74) is 0.637. The van der Waals surface area contributed by atoms with Crippen molar-refractivity contribution in [3.8, 4) is 18.1 Å². The van der Waals surface area contributed by atoms with Gasteiger partial charge in [0.1, 0.15) is 5.75 Å². The first-order chi connectivity index (χ1) is 10.1. The van der Waals surface area contributed by atoms with Gasteiger partial charge < -0.3 is 14.4 Å². The number of amides is 1. The number of anilines is 1. The molecule has 21 heavy (non-hydrogen) atoms. The Balaban J connectivity index is 2.17. The fourth-order valence-electron chi connectivity index (χ4n) is 2.20. The molecule has 5 nitrogen and oxygen atoms in total. The zero-order valence-corrected chi connectivity index (χ0v) is 13.1.